The molecule has 0 aliphatic carbocycles. The first-order chi connectivity index (χ1) is 16.8. The maximum atomic E-state index is 12.6. The van der Waals surface area contributed by atoms with Crippen molar-refractivity contribution in [3.8, 4) is 5.75 Å². The van der Waals surface area contributed by atoms with Crippen molar-refractivity contribution in [2.45, 2.75) is 6.61 Å². The number of hydrogen-bond donors (Lipinski definition) is 2. The Balaban J connectivity index is 1.35. The van der Waals surface area contributed by atoms with Gasteiger partial charge in [0.1, 0.15) is 18.1 Å². The molecule has 12 heteroatoms. The summed E-state index contributed by atoms with van der Waals surface area (Å²) in [6.07, 6.45) is 1.66. The lowest BCUT2D eigenvalue weighted by Gasteiger charge is -2.08. The van der Waals surface area contributed by atoms with Gasteiger partial charge in [-0.2, -0.15) is 5.10 Å². The van der Waals surface area contributed by atoms with Gasteiger partial charge in [0.2, 0.25) is 0 Å². The molecule has 2 aromatic carbocycles. The van der Waals surface area contributed by atoms with Crippen LogP contribution in [0.5, 0.6) is 5.75 Å². The molecule has 0 bridgehead atoms. The molecule has 2 N–H and O–H groups in total. The van der Waals surface area contributed by atoms with Crippen molar-refractivity contribution >= 4 is 40.5 Å². The van der Waals surface area contributed by atoms with E-state index in [0.29, 0.717) is 17.1 Å². The molecule has 178 valence electrons. The number of nitro benzene ring substituents is 1. The van der Waals surface area contributed by atoms with Gasteiger partial charge in [0, 0.05) is 36.8 Å². The number of nitro groups is 1. The third-order valence-corrected chi connectivity index (χ3v) is 5.00. The number of anilines is 2. The number of amides is 2. The first-order valence-electron chi connectivity index (χ1n) is 10.2. The van der Waals surface area contributed by atoms with E-state index in [-0.39, 0.29) is 40.4 Å². The number of nitrogens with zero attached hydrogens (tertiary/aromatic N) is 3. The second-order valence-electron chi connectivity index (χ2n) is 7.29. The molecular formula is C23H18ClN5O6. The summed E-state index contributed by atoms with van der Waals surface area (Å²) >= 11 is 6.01. The first kappa shape index (κ1) is 23.5. The normalized spacial score (nSPS) is 10.6. The number of carbonyl (C=O) groups is 2. The summed E-state index contributed by atoms with van der Waals surface area (Å²) in [5.74, 6) is -0.248. The minimum Gasteiger partial charge on any atom is -0.484 e. The second-order valence-corrected chi connectivity index (χ2v) is 7.70. The molecule has 2 heterocycles. The molecule has 0 saturated heterocycles. The molecule has 2 amide bonds. The molecule has 0 aliphatic rings. The molecule has 4 aromatic rings. The maximum absolute atomic E-state index is 12.6. The number of ether oxygens (including phenoxy) is 1. The highest BCUT2D eigenvalue weighted by Gasteiger charge is 2.15. The number of hydrogen-bond acceptors (Lipinski definition) is 7. The Morgan fingerprint density at radius 3 is 2.49 bits per heavy atom. The van der Waals surface area contributed by atoms with Gasteiger partial charge in [-0.1, -0.05) is 17.7 Å². The summed E-state index contributed by atoms with van der Waals surface area (Å²) in [4.78, 5) is 35.1. The van der Waals surface area contributed by atoms with Gasteiger partial charge in [0.05, 0.1) is 9.95 Å². The number of carbonyl (C=O) groups excluding carboxylic acids is 2. The van der Waals surface area contributed by atoms with Crippen molar-refractivity contribution in [2.75, 3.05) is 10.6 Å². The molecule has 0 fully saturated rings. The lowest BCUT2D eigenvalue weighted by Crippen LogP contribution is -2.14. The summed E-state index contributed by atoms with van der Waals surface area (Å²) in [5.41, 5.74) is 1.04. The van der Waals surface area contributed by atoms with Crippen molar-refractivity contribution in [1.82, 2.24) is 9.78 Å². The highest BCUT2D eigenvalue weighted by molar-refractivity contribution is 6.32. The van der Waals surface area contributed by atoms with E-state index < -0.39 is 10.8 Å². The summed E-state index contributed by atoms with van der Waals surface area (Å²) < 4.78 is 12.6. The highest BCUT2D eigenvalue weighted by atomic mass is 35.5. The average molecular weight is 496 g/mol. The van der Waals surface area contributed by atoms with Crippen LogP contribution in [-0.2, 0) is 13.7 Å². The van der Waals surface area contributed by atoms with E-state index in [9.17, 15) is 19.7 Å². The molecule has 35 heavy (non-hydrogen) atoms. The van der Waals surface area contributed by atoms with E-state index in [0.717, 1.165) is 0 Å². The fourth-order valence-corrected chi connectivity index (χ4v) is 3.27. The van der Waals surface area contributed by atoms with E-state index in [1.165, 1.54) is 28.9 Å². The van der Waals surface area contributed by atoms with Crippen molar-refractivity contribution in [3.05, 3.63) is 99.2 Å². The summed E-state index contributed by atoms with van der Waals surface area (Å²) in [6, 6.07) is 15.1. The van der Waals surface area contributed by atoms with Crippen LogP contribution in [-0.4, -0.2) is 26.5 Å². The van der Waals surface area contributed by atoms with Gasteiger partial charge >= 0.3 is 0 Å². The number of rotatable bonds is 8. The van der Waals surface area contributed by atoms with Crippen LogP contribution in [0.4, 0.5) is 17.1 Å². The van der Waals surface area contributed by atoms with Gasteiger partial charge in [0.25, 0.3) is 17.5 Å². The molecule has 11 nitrogen and oxygen atoms in total. The zero-order valence-corrected chi connectivity index (χ0v) is 19.0. The summed E-state index contributed by atoms with van der Waals surface area (Å²) in [7, 11) is 1.71. The van der Waals surface area contributed by atoms with Crippen LogP contribution in [0.2, 0.25) is 5.02 Å². The molecule has 0 saturated carbocycles. The first-order valence-corrected chi connectivity index (χ1v) is 10.5. The van der Waals surface area contributed by atoms with Gasteiger partial charge in [-0.25, -0.2) is 0 Å². The van der Waals surface area contributed by atoms with Gasteiger partial charge < -0.3 is 19.8 Å². The van der Waals surface area contributed by atoms with Crippen LogP contribution in [0.1, 0.15) is 26.8 Å². The Kier molecular flexibility index (Phi) is 6.78. The molecular weight excluding hydrogens is 478 g/mol. The van der Waals surface area contributed by atoms with Crippen molar-refractivity contribution in [2.24, 2.45) is 7.05 Å². The van der Waals surface area contributed by atoms with E-state index in [1.807, 2.05) is 0 Å². The standard InChI is InChI=1S/C23H18ClN5O6/c1-28-10-9-19(27-28)22(30)25-14-3-2-4-15(11-14)26-23(31)21-8-6-17(35-21)13-34-20-7-5-16(29(32)33)12-18(20)24/h2-12H,13H2,1H3,(H,25,30)(H,26,31). The molecule has 0 unspecified atom stereocenters. The molecule has 0 aliphatic heterocycles. The number of non-ortho nitro benzene ring substituents is 1. The van der Waals surface area contributed by atoms with Crippen LogP contribution in [0, 0.1) is 10.1 Å². The highest BCUT2D eigenvalue weighted by Crippen LogP contribution is 2.29. The van der Waals surface area contributed by atoms with E-state index in [4.69, 9.17) is 20.8 Å². The lowest BCUT2D eigenvalue weighted by molar-refractivity contribution is -0.384. The Bertz CT molecular complexity index is 1410. The third kappa shape index (κ3) is 5.84. The van der Waals surface area contributed by atoms with Crippen LogP contribution in [0.3, 0.4) is 0 Å². The third-order valence-electron chi connectivity index (χ3n) is 4.71. The zero-order chi connectivity index (χ0) is 24.9. The Morgan fingerprint density at radius 1 is 1.09 bits per heavy atom. The maximum Gasteiger partial charge on any atom is 0.291 e. The monoisotopic (exact) mass is 495 g/mol. The lowest BCUT2D eigenvalue weighted by atomic mass is 10.2. The Labute approximate surface area is 203 Å². The molecule has 0 spiro atoms. The van der Waals surface area contributed by atoms with E-state index in [1.54, 1.807) is 49.6 Å². The van der Waals surface area contributed by atoms with Crippen LogP contribution < -0.4 is 15.4 Å². The average Bonchev–Trinajstić information content (AvgIpc) is 3.48. The predicted octanol–water partition coefficient (Wildman–Crippen LogP) is 4.66. The topological polar surface area (TPSA) is 142 Å². The molecule has 4 rings (SSSR count). The van der Waals surface area contributed by atoms with Crippen LogP contribution in [0.15, 0.2) is 71.3 Å². The number of halogens is 1. The van der Waals surface area contributed by atoms with Gasteiger partial charge in [-0.15, -0.1) is 0 Å². The SMILES string of the molecule is Cn1ccc(C(=O)Nc2cccc(NC(=O)c3ccc(COc4ccc([N+](=O)[O-])cc4Cl)o3)c2)n1. The fraction of sp³-hybridized carbons (Fsp3) is 0.0870. The number of furan rings is 1. The van der Waals surface area contributed by atoms with Crippen molar-refractivity contribution in [1.29, 1.82) is 0 Å². The van der Waals surface area contributed by atoms with E-state index in [2.05, 4.69) is 15.7 Å². The number of aryl methyl sites for hydroxylation is 1. The molecule has 0 atom stereocenters. The van der Waals surface area contributed by atoms with Gasteiger partial charge in [-0.05, 0) is 42.5 Å². The molecule has 0 radical (unpaired) electrons. The van der Waals surface area contributed by atoms with Gasteiger partial charge in [0.15, 0.2) is 11.5 Å². The number of aromatic nitrogens is 2. The molecule has 2 aromatic heterocycles. The number of nitrogens with one attached hydrogen (secondary N) is 2. The summed E-state index contributed by atoms with van der Waals surface area (Å²) in [5, 5.41) is 20.3. The number of benzene rings is 2. The van der Waals surface area contributed by atoms with Gasteiger partial charge in [-0.3, -0.25) is 24.4 Å². The van der Waals surface area contributed by atoms with Crippen LogP contribution >= 0.6 is 11.6 Å². The summed E-state index contributed by atoms with van der Waals surface area (Å²) in [6.45, 7) is -0.0418. The Morgan fingerprint density at radius 2 is 1.83 bits per heavy atom. The van der Waals surface area contributed by atoms with Crippen LogP contribution in [0.25, 0.3) is 0 Å². The largest absolute Gasteiger partial charge is 0.484 e. The minimum absolute atomic E-state index is 0.0418. The second kappa shape index (κ2) is 10.1. The zero-order valence-electron chi connectivity index (χ0n) is 18.2. The Hall–Kier alpha value is -4.64. The van der Waals surface area contributed by atoms with Crippen molar-refractivity contribution < 1.29 is 23.7 Å². The smallest absolute Gasteiger partial charge is 0.291 e. The fourth-order valence-electron chi connectivity index (χ4n) is 3.05. The minimum atomic E-state index is -0.558. The predicted molar refractivity (Wildman–Crippen MR) is 127 cm³/mol. The quantitative estimate of drug-likeness (QED) is 0.267. The van der Waals surface area contributed by atoms with E-state index >= 15 is 0 Å². The van der Waals surface area contributed by atoms with Crippen molar-refractivity contribution in [3.63, 3.8) is 0 Å².